The molecule has 1 aromatic rings. The van der Waals surface area contributed by atoms with E-state index in [-0.39, 0.29) is 12.4 Å². The Kier molecular flexibility index (Phi) is 4.71. The van der Waals surface area contributed by atoms with Gasteiger partial charge in [0, 0.05) is 13.5 Å². The van der Waals surface area contributed by atoms with Crippen molar-refractivity contribution in [3.8, 4) is 5.75 Å². The van der Waals surface area contributed by atoms with Crippen LogP contribution < -0.4 is 4.74 Å². The Balaban J connectivity index is 3.14. The molecule has 1 aromatic carbocycles. The molecule has 0 spiro atoms. The number of ether oxygens (including phenoxy) is 2. The Morgan fingerprint density at radius 3 is 2.56 bits per heavy atom. The molecule has 0 radical (unpaired) electrons. The molecule has 0 aliphatic rings. The van der Waals surface area contributed by atoms with Gasteiger partial charge in [-0.1, -0.05) is 6.07 Å². The van der Waals surface area contributed by atoms with Crippen molar-refractivity contribution in [1.29, 1.82) is 0 Å². The highest BCUT2D eigenvalue weighted by Crippen LogP contribution is 2.28. The van der Waals surface area contributed by atoms with Crippen LogP contribution in [0.2, 0.25) is 0 Å². The minimum atomic E-state index is -0.491. The maximum Gasteiger partial charge on any atom is 0.132 e. The number of rotatable bonds is 5. The maximum atomic E-state index is 13.5. The lowest BCUT2D eigenvalue weighted by Crippen LogP contribution is -2.08. The topological polar surface area (TPSA) is 38.7 Å². The standard InChI is InChI=1S/C12H17FO3/c1-8(14)6-9-4-5-11(13)10(7-15-2)12(9)16-3/h4-5,8,14H,6-7H2,1-3H3. The summed E-state index contributed by atoms with van der Waals surface area (Å²) in [6.07, 6.45) is -0.0602. The summed E-state index contributed by atoms with van der Waals surface area (Å²) in [6.45, 7) is 1.83. The van der Waals surface area contributed by atoms with Gasteiger partial charge in [0.2, 0.25) is 0 Å². The molecule has 0 aromatic heterocycles. The largest absolute Gasteiger partial charge is 0.496 e. The van der Waals surface area contributed by atoms with Crippen LogP contribution in [0, 0.1) is 5.82 Å². The molecule has 0 saturated carbocycles. The van der Waals surface area contributed by atoms with Gasteiger partial charge in [0.15, 0.2) is 0 Å². The second kappa shape index (κ2) is 5.82. The van der Waals surface area contributed by atoms with Crippen LogP contribution in [-0.4, -0.2) is 25.4 Å². The van der Waals surface area contributed by atoms with Gasteiger partial charge in [-0.25, -0.2) is 4.39 Å². The lowest BCUT2D eigenvalue weighted by molar-refractivity contribution is 0.176. The summed E-state index contributed by atoms with van der Waals surface area (Å²) in [6, 6.07) is 2.99. The maximum absolute atomic E-state index is 13.5. The zero-order valence-corrected chi connectivity index (χ0v) is 9.79. The van der Waals surface area contributed by atoms with Crippen LogP contribution in [0.25, 0.3) is 0 Å². The number of aliphatic hydroxyl groups excluding tert-OH is 1. The van der Waals surface area contributed by atoms with Gasteiger partial charge in [-0.15, -0.1) is 0 Å². The van der Waals surface area contributed by atoms with E-state index in [2.05, 4.69) is 0 Å². The monoisotopic (exact) mass is 228 g/mol. The molecule has 0 heterocycles. The SMILES string of the molecule is COCc1c(F)ccc(CC(C)O)c1OC. The molecule has 0 aliphatic heterocycles. The van der Waals surface area contributed by atoms with Crippen molar-refractivity contribution in [2.45, 2.75) is 26.1 Å². The van der Waals surface area contributed by atoms with Crippen molar-refractivity contribution in [3.05, 3.63) is 29.1 Å². The van der Waals surface area contributed by atoms with Gasteiger partial charge in [-0.3, -0.25) is 0 Å². The van der Waals surface area contributed by atoms with Crippen molar-refractivity contribution >= 4 is 0 Å². The summed E-state index contributed by atoms with van der Waals surface area (Å²) in [5, 5.41) is 9.34. The average Bonchev–Trinajstić information content (AvgIpc) is 2.23. The van der Waals surface area contributed by atoms with Crippen LogP contribution in [-0.2, 0) is 17.8 Å². The molecular formula is C12H17FO3. The number of aliphatic hydroxyl groups is 1. The molecule has 4 heteroatoms. The second-order valence-corrected chi connectivity index (χ2v) is 3.70. The zero-order valence-electron chi connectivity index (χ0n) is 9.79. The molecule has 1 rings (SSSR count). The fourth-order valence-electron chi connectivity index (χ4n) is 1.66. The molecule has 1 unspecified atom stereocenters. The van der Waals surface area contributed by atoms with E-state index in [1.165, 1.54) is 20.3 Å². The first-order valence-electron chi connectivity index (χ1n) is 5.11. The molecule has 0 bridgehead atoms. The van der Waals surface area contributed by atoms with E-state index in [1.54, 1.807) is 13.0 Å². The average molecular weight is 228 g/mol. The first-order chi connectivity index (χ1) is 7.60. The highest BCUT2D eigenvalue weighted by Gasteiger charge is 2.15. The Morgan fingerprint density at radius 2 is 2.06 bits per heavy atom. The Morgan fingerprint density at radius 1 is 1.38 bits per heavy atom. The van der Waals surface area contributed by atoms with Gasteiger partial charge < -0.3 is 14.6 Å². The third-order valence-corrected chi connectivity index (χ3v) is 2.29. The fourth-order valence-corrected chi connectivity index (χ4v) is 1.66. The van der Waals surface area contributed by atoms with Gasteiger partial charge >= 0.3 is 0 Å². The van der Waals surface area contributed by atoms with Crippen LogP contribution in [0.4, 0.5) is 4.39 Å². The van der Waals surface area contributed by atoms with Crippen molar-refractivity contribution in [3.63, 3.8) is 0 Å². The van der Waals surface area contributed by atoms with Gasteiger partial charge in [0.1, 0.15) is 11.6 Å². The van der Waals surface area contributed by atoms with Crippen molar-refractivity contribution in [2.24, 2.45) is 0 Å². The van der Waals surface area contributed by atoms with E-state index in [0.717, 1.165) is 5.56 Å². The first-order valence-corrected chi connectivity index (χ1v) is 5.11. The van der Waals surface area contributed by atoms with E-state index in [0.29, 0.717) is 17.7 Å². The highest BCUT2D eigenvalue weighted by atomic mass is 19.1. The highest BCUT2D eigenvalue weighted by molar-refractivity contribution is 5.42. The number of halogens is 1. The molecule has 90 valence electrons. The minimum absolute atomic E-state index is 0.155. The van der Waals surface area contributed by atoms with E-state index in [4.69, 9.17) is 9.47 Å². The molecule has 0 aliphatic carbocycles. The van der Waals surface area contributed by atoms with Crippen LogP contribution >= 0.6 is 0 Å². The predicted molar refractivity (Wildman–Crippen MR) is 59.0 cm³/mol. The molecule has 0 fully saturated rings. The van der Waals surface area contributed by atoms with Crippen LogP contribution in [0.3, 0.4) is 0 Å². The second-order valence-electron chi connectivity index (χ2n) is 3.70. The summed E-state index contributed by atoms with van der Waals surface area (Å²) in [4.78, 5) is 0. The van der Waals surface area contributed by atoms with Crippen LogP contribution in [0.5, 0.6) is 5.75 Å². The molecule has 3 nitrogen and oxygen atoms in total. The van der Waals surface area contributed by atoms with E-state index in [1.807, 2.05) is 0 Å². The summed E-state index contributed by atoms with van der Waals surface area (Å²) >= 11 is 0. The first kappa shape index (κ1) is 12.9. The summed E-state index contributed by atoms with van der Waals surface area (Å²) < 4.78 is 23.6. The Bertz CT molecular complexity index is 350. The number of hydrogen-bond acceptors (Lipinski definition) is 3. The zero-order chi connectivity index (χ0) is 12.1. The smallest absolute Gasteiger partial charge is 0.132 e. The lowest BCUT2D eigenvalue weighted by atomic mass is 10.0. The minimum Gasteiger partial charge on any atom is -0.496 e. The quantitative estimate of drug-likeness (QED) is 0.836. The van der Waals surface area contributed by atoms with Crippen LogP contribution in [0.1, 0.15) is 18.1 Å². The van der Waals surface area contributed by atoms with E-state index >= 15 is 0 Å². The van der Waals surface area contributed by atoms with Crippen molar-refractivity contribution in [2.75, 3.05) is 14.2 Å². The summed E-state index contributed by atoms with van der Waals surface area (Å²) in [5.41, 5.74) is 1.18. The molecular weight excluding hydrogens is 211 g/mol. The van der Waals surface area contributed by atoms with Crippen molar-refractivity contribution < 1.29 is 19.0 Å². The summed E-state index contributed by atoms with van der Waals surface area (Å²) in [5.74, 6) is 0.107. The number of benzene rings is 1. The summed E-state index contributed by atoms with van der Waals surface area (Å²) in [7, 11) is 2.99. The van der Waals surface area contributed by atoms with Gasteiger partial charge in [-0.05, 0) is 18.6 Å². The number of methoxy groups -OCH3 is 2. The third kappa shape index (κ3) is 2.93. The predicted octanol–water partition coefficient (Wildman–Crippen LogP) is 1.90. The third-order valence-electron chi connectivity index (χ3n) is 2.29. The van der Waals surface area contributed by atoms with E-state index < -0.39 is 6.10 Å². The van der Waals surface area contributed by atoms with Gasteiger partial charge in [0.25, 0.3) is 0 Å². The molecule has 1 atom stereocenters. The van der Waals surface area contributed by atoms with E-state index in [9.17, 15) is 9.50 Å². The van der Waals surface area contributed by atoms with Gasteiger partial charge in [-0.2, -0.15) is 0 Å². The molecule has 1 N–H and O–H groups in total. The normalized spacial score (nSPS) is 12.6. The van der Waals surface area contributed by atoms with Gasteiger partial charge in [0.05, 0.1) is 25.4 Å². The lowest BCUT2D eigenvalue weighted by Gasteiger charge is -2.15. The van der Waals surface area contributed by atoms with Crippen LogP contribution in [0.15, 0.2) is 12.1 Å². The molecule has 0 saturated heterocycles. The molecule has 16 heavy (non-hydrogen) atoms. The fraction of sp³-hybridized carbons (Fsp3) is 0.500. The van der Waals surface area contributed by atoms with Crippen molar-refractivity contribution in [1.82, 2.24) is 0 Å². The Hall–Kier alpha value is -1.13. The number of hydrogen-bond donors (Lipinski definition) is 1. The molecule has 0 amide bonds. The Labute approximate surface area is 94.8 Å².